The van der Waals surface area contributed by atoms with Crippen molar-refractivity contribution < 1.29 is 50.8 Å². The average Bonchev–Trinajstić information content (AvgIpc) is 3.53. The molecule has 0 bridgehead atoms. The van der Waals surface area contributed by atoms with E-state index in [1.165, 1.54) is 43.4 Å². The van der Waals surface area contributed by atoms with E-state index in [-0.39, 0.29) is 42.1 Å². The fourth-order valence-electron chi connectivity index (χ4n) is 5.86. The van der Waals surface area contributed by atoms with Crippen LogP contribution in [0, 0.1) is 11.8 Å². The van der Waals surface area contributed by atoms with Crippen molar-refractivity contribution in [1.82, 2.24) is 19.8 Å². The van der Waals surface area contributed by atoms with E-state index in [0.29, 0.717) is 37.8 Å². The summed E-state index contributed by atoms with van der Waals surface area (Å²) >= 11 is 0. The van der Waals surface area contributed by atoms with Gasteiger partial charge in [-0.15, -0.1) is 0 Å². The fourth-order valence-corrected chi connectivity index (χ4v) is 6.84. The van der Waals surface area contributed by atoms with Crippen LogP contribution in [0.2, 0.25) is 0 Å². The predicted octanol–water partition coefficient (Wildman–Crippen LogP) is 2.13. The van der Waals surface area contributed by atoms with Crippen LogP contribution in [0.15, 0.2) is 24.3 Å². The number of halogens is 3. The molecular weight excluding hydrogens is 659 g/mol. The van der Waals surface area contributed by atoms with Crippen LogP contribution in [-0.4, -0.2) is 109 Å². The van der Waals surface area contributed by atoms with Crippen molar-refractivity contribution in [2.45, 2.75) is 82.7 Å². The molecule has 0 aromatic heterocycles. The fraction of sp³-hybridized carbons (Fsp3) is 0.645. The molecular formula is C31H46F3N5O8S. The van der Waals surface area contributed by atoms with Crippen molar-refractivity contribution in [3.05, 3.63) is 29.8 Å². The first-order valence-electron chi connectivity index (χ1n) is 15.5. The van der Waals surface area contributed by atoms with E-state index in [2.05, 4.69) is 10.0 Å². The van der Waals surface area contributed by atoms with Crippen LogP contribution >= 0.6 is 0 Å². The number of hydrogen-bond donors (Lipinski definition) is 3. The second kappa shape index (κ2) is 18.8. The minimum atomic E-state index is -5.04. The summed E-state index contributed by atoms with van der Waals surface area (Å²) < 4.78 is 64.1. The van der Waals surface area contributed by atoms with E-state index in [1.807, 2.05) is 13.8 Å². The highest BCUT2D eigenvalue weighted by Crippen LogP contribution is 2.29. The Morgan fingerprint density at radius 1 is 1.12 bits per heavy atom. The number of amides is 5. The number of nitrogens with one attached hydrogen (secondary N) is 3. The lowest BCUT2D eigenvalue weighted by molar-refractivity contribution is -0.167. The zero-order chi connectivity index (χ0) is 36.2. The smallest absolute Gasteiger partial charge is 0.379 e. The van der Waals surface area contributed by atoms with Gasteiger partial charge in [0.15, 0.2) is 0 Å². The number of rotatable bonds is 18. The molecule has 1 aliphatic rings. The van der Waals surface area contributed by atoms with Gasteiger partial charge in [0, 0.05) is 33.5 Å². The summed E-state index contributed by atoms with van der Waals surface area (Å²) in [5.74, 6) is -4.27. The molecule has 17 heteroatoms. The normalized spacial score (nSPS) is 18.5. The molecule has 5 amide bonds. The first-order valence-corrected chi connectivity index (χ1v) is 16.8. The van der Waals surface area contributed by atoms with E-state index < -0.39 is 59.2 Å². The lowest BCUT2D eigenvalue weighted by Gasteiger charge is -2.39. The monoisotopic (exact) mass is 705 g/mol. The standard InChI is InChI=1S/C31H46F3N5O8S/c1-7-19(2)27(38(4)26(42)16-35-18-40)24(46-5)15-25(41)39-14-8-9-23(39)28(47-6)20(3)29(43)37-48(45)17-21-10-12-22(13-11-21)36-30(44)31(32,33)34/h10-13,18-20,23-24,27-28H,7-9,14-17H2,1-6H3,(H,35,40)(H,36,44)(H,37,43). The largest absolute Gasteiger partial charge is 0.471 e. The third-order valence-corrected chi connectivity index (χ3v) is 9.65. The van der Waals surface area contributed by atoms with Crippen LogP contribution in [0.1, 0.15) is 52.0 Å². The molecule has 1 heterocycles. The third-order valence-electron chi connectivity index (χ3n) is 8.62. The minimum Gasteiger partial charge on any atom is -0.379 e. The van der Waals surface area contributed by atoms with Gasteiger partial charge in [0.2, 0.25) is 24.1 Å². The van der Waals surface area contributed by atoms with Gasteiger partial charge in [-0.25, -0.2) is 4.21 Å². The molecule has 7 atom stereocenters. The maximum atomic E-state index is 13.7. The maximum absolute atomic E-state index is 13.7. The van der Waals surface area contributed by atoms with Crippen LogP contribution in [0.4, 0.5) is 18.9 Å². The molecule has 3 N–H and O–H groups in total. The molecule has 2 rings (SSSR count). The first-order chi connectivity index (χ1) is 22.6. The quantitative estimate of drug-likeness (QED) is 0.196. The molecule has 13 nitrogen and oxygen atoms in total. The van der Waals surface area contributed by atoms with E-state index in [4.69, 9.17) is 9.47 Å². The molecule has 0 aliphatic carbocycles. The minimum absolute atomic E-state index is 0.0354. The van der Waals surface area contributed by atoms with Gasteiger partial charge in [0.25, 0.3) is 0 Å². The Morgan fingerprint density at radius 2 is 1.77 bits per heavy atom. The number of ether oxygens (including phenoxy) is 2. The van der Waals surface area contributed by atoms with Gasteiger partial charge in [-0.2, -0.15) is 13.2 Å². The second-order valence-electron chi connectivity index (χ2n) is 11.7. The maximum Gasteiger partial charge on any atom is 0.471 e. The summed E-state index contributed by atoms with van der Waals surface area (Å²) in [6.45, 7) is 5.75. The Morgan fingerprint density at radius 3 is 2.31 bits per heavy atom. The second-order valence-corrected chi connectivity index (χ2v) is 12.9. The molecule has 1 fully saturated rings. The van der Waals surface area contributed by atoms with E-state index in [9.17, 15) is 41.4 Å². The number of hydrogen-bond acceptors (Lipinski definition) is 8. The van der Waals surface area contributed by atoms with Gasteiger partial charge in [-0.05, 0) is 36.5 Å². The van der Waals surface area contributed by atoms with Gasteiger partial charge in [0.05, 0.1) is 48.9 Å². The molecule has 1 saturated heterocycles. The van der Waals surface area contributed by atoms with Crippen molar-refractivity contribution in [2.24, 2.45) is 11.8 Å². The first kappa shape index (κ1) is 40.6. The Labute approximate surface area is 281 Å². The van der Waals surface area contributed by atoms with Crippen LogP contribution < -0.4 is 15.4 Å². The molecule has 7 unspecified atom stereocenters. The molecule has 1 aliphatic heterocycles. The number of likely N-dealkylation sites (tertiary alicyclic amines) is 1. The van der Waals surface area contributed by atoms with E-state index >= 15 is 0 Å². The van der Waals surface area contributed by atoms with Gasteiger partial charge in [-0.3, -0.25) is 28.7 Å². The number of benzene rings is 1. The summed E-state index contributed by atoms with van der Waals surface area (Å²) in [5.41, 5.74) is 0.348. The van der Waals surface area contributed by atoms with Crippen LogP contribution in [-0.2, 0) is 50.2 Å². The summed E-state index contributed by atoms with van der Waals surface area (Å²) in [6.07, 6.45) is -4.11. The topological polar surface area (TPSA) is 163 Å². The van der Waals surface area contributed by atoms with Gasteiger partial charge >= 0.3 is 12.1 Å². The lowest BCUT2D eigenvalue weighted by Crippen LogP contribution is -2.54. The Balaban J connectivity index is 2.08. The van der Waals surface area contributed by atoms with Crippen molar-refractivity contribution in [1.29, 1.82) is 0 Å². The predicted molar refractivity (Wildman–Crippen MR) is 171 cm³/mol. The molecule has 0 saturated carbocycles. The van der Waals surface area contributed by atoms with E-state index in [1.54, 1.807) is 24.2 Å². The van der Waals surface area contributed by atoms with Gasteiger partial charge in [0.1, 0.15) is 11.0 Å². The van der Waals surface area contributed by atoms with Crippen molar-refractivity contribution in [3.8, 4) is 0 Å². The molecule has 1 aromatic rings. The molecule has 48 heavy (non-hydrogen) atoms. The zero-order valence-corrected chi connectivity index (χ0v) is 28.8. The van der Waals surface area contributed by atoms with Crippen molar-refractivity contribution >= 4 is 46.7 Å². The Hall–Kier alpha value is -3.57. The summed E-state index contributed by atoms with van der Waals surface area (Å²) in [5, 5.41) is 4.09. The number of likely N-dealkylation sites (N-methyl/N-ethyl adjacent to an activating group) is 1. The summed E-state index contributed by atoms with van der Waals surface area (Å²) in [7, 11) is 2.61. The summed E-state index contributed by atoms with van der Waals surface area (Å²) in [6, 6.07) is 4.30. The number of methoxy groups -OCH3 is 2. The number of carbonyl (C=O) groups is 5. The highest BCUT2D eigenvalue weighted by atomic mass is 32.2. The highest BCUT2D eigenvalue weighted by Gasteiger charge is 2.42. The Bertz CT molecular complexity index is 1290. The average molecular weight is 706 g/mol. The lowest BCUT2D eigenvalue weighted by atomic mass is 9.90. The third kappa shape index (κ3) is 11.3. The Kier molecular flexibility index (Phi) is 15.9. The molecule has 0 radical (unpaired) electrons. The van der Waals surface area contributed by atoms with Crippen molar-refractivity contribution in [3.63, 3.8) is 0 Å². The van der Waals surface area contributed by atoms with Gasteiger partial charge < -0.3 is 29.9 Å². The van der Waals surface area contributed by atoms with Crippen LogP contribution in [0.25, 0.3) is 0 Å². The molecule has 0 spiro atoms. The highest BCUT2D eigenvalue weighted by molar-refractivity contribution is 7.82. The van der Waals surface area contributed by atoms with Crippen LogP contribution in [0.5, 0.6) is 0 Å². The molecule has 1 aromatic carbocycles. The van der Waals surface area contributed by atoms with Crippen LogP contribution in [0.3, 0.4) is 0 Å². The number of carbonyl (C=O) groups excluding carboxylic acids is 5. The number of anilines is 1. The summed E-state index contributed by atoms with van der Waals surface area (Å²) in [4.78, 5) is 64.6. The number of nitrogens with zero attached hydrogens (tertiary/aromatic N) is 2. The van der Waals surface area contributed by atoms with Gasteiger partial charge in [-0.1, -0.05) is 39.3 Å². The number of alkyl halides is 3. The van der Waals surface area contributed by atoms with Crippen molar-refractivity contribution in [2.75, 3.05) is 39.7 Å². The zero-order valence-electron chi connectivity index (χ0n) is 28.0. The SMILES string of the molecule is CCC(C)C(C(CC(=O)N1CCCC1C(OC)C(C)C(=O)NS(=O)Cc1ccc(NC(=O)C(F)(F)F)cc1)OC)N(C)C(=O)CNC=O. The van der Waals surface area contributed by atoms with E-state index in [0.717, 1.165) is 0 Å². The molecule has 270 valence electrons.